The van der Waals surface area contributed by atoms with Gasteiger partial charge < -0.3 is 5.32 Å². The van der Waals surface area contributed by atoms with Crippen molar-refractivity contribution in [1.29, 1.82) is 0 Å². The molecule has 104 valence electrons. The third-order valence-electron chi connectivity index (χ3n) is 3.50. The minimum atomic E-state index is 0.0854. The van der Waals surface area contributed by atoms with E-state index in [-0.39, 0.29) is 17.9 Å². The van der Waals surface area contributed by atoms with Gasteiger partial charge in [0.1, 0.15) is 0 Å². The minimum absolute atomic E-state index is 0.0854. The Bertz CT molecular complexity index is 463. The molecule has 2 atom stereocenters. The quantitative estimate of drug-likeness (QED) is 0.891. The number of carbonyl (C=O) groups excluding carboxylic acids is 1. The summed E-state index contributed by atoms with van der Waals surface area (Å²) in [5, 5.41) is 3.91. The predicted molar refractivity (Wildman–Crippen MR) is 81.7 cm³/mol. The Hall–Kier alpha value is -0.670. The summed E-state index contributed by atoms with van der Waals surface area (Å²) >= 11 is 7.91. The molecule has 0 bridgehead atoms. The molecule has 19 heavy (non-hydrogen) atoms. The van der Waals surface area contributed by atoms with Gasteiger partial charge in [-0.2, -0.15) is 0 Å². The third kappa shape index (κ3) is 3.67. The number of benzene rings is 1. The van der Waals surface area contributed by atoms with Crippen molar-refractivity contribution in [2.24, 2.45) is 5.92 Å². The van der Waals surface area contributed by atoms with Crippen LogP contribution in [-0.2, 0) is 4.79 Å². The zero-order chi connectivity index (χ0) is 13.8. The van der Waals surface area contributed by atoms with E-state index >= 15 is 0 Å². The lowest BCUT2D eigenvalue weighted by Crippen LogP contribution is -2.34. The van der Waals surface area contributed by atoms with Crippen molar-refractivity contribution in [2.45, 2.75) is 44.0 Å². The minimum Gasteiger partial charge on any atom is -0.349 e. The fraction of sp³-hybridized carbons (Fsp3) is 0.533. The van der Waals surface area contributed by atoms with Crippen molar-refractivity contribution < 1.29 is 4.79 Å². The van der Waals surface area contributed by atoms with Crippen LogP contribution < -0.4 is 5.32 Å². The number of thioether (sulfide) groups is 1. The summed E-state index contributed by atoms with van der Waals surface area (Å²) in [6.45, 7) is 4.10. The summed E-state index contributed by atoms with van der Waals surface area (Å²) in [5.41, 5.74) is 1.17. The molecule has 0 spiro atoms. The van der Waals surface area contributed by atoms with Gasteiger partial charge in [0.25, 0.3) is 0 Å². The molecule has 0 aromatic heterocycles. The van der Waals surface area contributed by atoms with Crippen LogP contribution in [-0.4, -0.2) is 11.7 Å². The summed E-state index contributed by atoms with van der Waals surface area (Å²) in [5.74, 6) is 1.29. The van der Waals surface area contributed by atoms with E-state index in [1.165, 1.54) is 10.5 Å². The van der Waals surface area contributed by atoms with Gasteiger partial charge in [0.2, 0.25) is 5.91 Å². The van der Waals surface area contributed by atoms with Crippen molar-refractivity contribution in [1.82, 2.24) is 5.32 Å². The molecule has 0 radical (unpaired) electrons. The largest absolute Gasteiger partial charge is 0.349 e. The highest BCUT2D eigenvalue weighted by molar-refractivity contribution is 7.99. The molecule has 1 aliphatic heterocycles. The van der Waals surface area contributed by atoms with E-state index in [0.717, 1.165) is 30.0 Å². The van der Waals surface area contributed by atoms with Crippen molar-refractivity contribution >= 4 is 29.3 Å². The Labute approximate surface area is 124 Å². The SMILES string of the molecule is CCCC(C)C(=O)NC1CCSc2ccc(Cl)cc21. The Kier molecular flexibility index (Phi) is 5.17. The Morgan fingerprint density at radius 2 is 2.37 bits per heavy atom. The number of hydrogen-bond acceptors (Lipinski definition) is 2. The molecule has 1 N–H and O–H groups in total. The lowest BCUT2D eigenvalue weighted by atomic mass is 10.0. The first-order valence-electron chi connectivity index (χ1n) is 6.84. The van der Waals surface area contributed by atoms with E-state index < -0.39 is 0 Å². The molecule has 0 aliphatic carbocycles. The smallest absolute Gasteiger partial charge is 0.223 e. The lowest BCUT2D eigenvalue weighted by molar-refractivity contribution is -0.125. The topological polar surface area (TPSA) is 29.1 Å². The molecule has 1 aliphatic rings. The number of amides is 1. The van der Waals surface area contributed by atoms with Gasteiger partial charge in [0.15, 0.2) is 0 Å². The zero-order valence-electron chi connectivity index (χ0n) is 11.4. The highest BCUT2D eigenvalue weighted by atomic mass is 35.5. The predicted octanol–water partition coefficient (Wildman–Crippen LogP) is 4.43. The highest BCUT2D eigenvalue weighted by Gasteiger charge is 2.24. The van der Waals surface area contributed by atoms with Crippen molar-refractivity contribution in [3.8, 4) is 0 Å². The van der Waals surface area contributed by atoms with Crippen LogP contribution in [0.15, 0.2) is 23.1 Å². The molecule has 1 heterocycles. The number of nitrogens with one attached hydrogen (secondary N) is 1. The van der Waals surface area contributed by atoms with Gasteiger partial charge in [0, 0.05) is 21.6 Å². The summed E-state index contributed by atoms with van der Waals surface area (Å²) < 4.78 is 0. The van der Waals surface area contributed by atoms with Crippen LogP contribution in [0.2, 0.25) is 5.02 Å². The van der Waals surface area contributed by atoms with Crippen LogP contribution in [0.1, 0.15) is 44.7 Å². The molecule has 1 aromatic rings. The standard InChI is InChI=1S/C15H20ClNOS/c1-3-4-10(2)15(18)17-13-7-8-19-14-6-5-11(16)9-12(13)14/h5-6,9-10,13H,3-4,7-8H2,1-2H3,(H,17,18). The maximum Gasteiger partial charge on any atom is 0.223 e. The molecule has 2 rings (SSSR count). The monoisotopic (exact) mass is 297 g/mol. The second-order valence-electron chi connectivity index (χ2n) is 5.07. The van der Waals surface area contributed by atoms with Gasteiger partial charge in [-0.3, -0.25) is 4.79 Å². The average Bonchev–Trinajstić information content (AvgIpc) is 2.39. The number of rotatable bonds is 4. The molecule has 0 saturated carbocycles. The van der Waals surface area contributed by atoms with Gasteiger partial charge in [-0.1, -0.05) is 31.9 Å². The first-order valence-corrected chi connectivity index (χ1v) is 8.20. The van der Waals surface area contributed by atoms with Crippen LogP contribution in [0.25, 0.3) is 0 Å². The molecule has 0 fully saturated rings. The summed E-state index contributed by atoms with van der Waals surface area (Å²) in [4.78, 5) is 13.4. The van der Waals surface area contributed by atoms with Gasteiger partial charge in [-0.25, -0.2) is 0 Å². The molecule has 2 nitrogen and oxygen atoms in total. The van der Waals surface area contributed by atoms with Gasteiger partial charge in [-0.15, -0.1) is 11.8 Å². The highest BCUT2D eigenvalue weighted by Crippen LogP contribution is 2.37. The van der Waals surface area contributed by atoms with E-state index in [1.807, 2.05) is 30.8 Å². The third-order valence-corrected chi connectivity index (χ3v) is 4.85. The second kappa shape index (κ2) is 6.67. The summed E-state index contributed by atoms with van der Waals surface area (Å²) in [7, 11) is 0. The average molecular weight is 298 g/mol. The Morgan fingerprint density at radius 3 is 3.11 bits per heavy atom. The maximum atomic E-state index is 12.1. The zero-order valence-corrected chi connectivity index (χ0v) is 13.0. The molecule has 2 unspecified atom stereocenters. The maximum absolute atomic E-state index is 12.1. The number of carbonyl (C=O) groups is 1. The molecular formula is C15H20ClNOS. The fourth-order valence-corrected chi connectivity index (χ4v) is 3.68. The first-order chi connectivity index (χ1) is 9.11. The van der Waals surface area contributed by atoms with E-state index in [4.69, 9.17) is 11.6 Å². The number of hydrogen-bond donors (Lipinski definition) is 1. The van der Waals surface area contributed by atoms with E-state index in [1.54, 1.807) is 0 Å². The van der Waals surface area contributed by atoms with Crippen LogP contribution in [0, 0.1) is 5.92 Å². The molecule has 1 amide bonds. The van der Waals surface area contributed by atoms with Crippen molar-refractivity contribution in [3.63, 3.8) is 0 Å². The first kappa shape index (κ1) is 14.7. The van der Waals surface area contributed by atoms with Gasteiger partial charge in [0.05, 0.1) is 6.04 Å². The lowest BCUT2D eigenvalue weighted by Gasteiger charge is -2.27. The molecular weight excluding hydrogens is 278 g/mol. The number of fused-ring (bicyclic) bond motifs is 1. The van der Waals surface area contributed by atoms with Crippen molar-refractivity contribution in [2.75, 3.05) is 5.75 Å². The second-order valence-corrected chi connectivity index (χ2v) is 6.64. The molecule has 4 heteroatoms. The van der Waals surface area contributed by atoms with Crippen LogP contribution in [0.3, 0.4) is 0 Å². The van der Waals surface area contributed by atoms with E-state index in [0.29, 0.717) is 0 Å². The normalized spacial score (nSPS) is 19.6. The van der Waals surface area contributed by atoms with Crippen molar-refractivity contribution in [3.05, 3.63) is 28.8 Å². The van der Waals surface area contributed by atoms with Crippen LogP contribution in [0.5, 0.6) is 0 Å². The van der Waals surface area contributed by atoms with Crippen LogP contribution >= 0.6 is 23.4 Å². The molecule has 0 saturated heterocycles. The fourth-order valence-electron chi connectivity index (χ4n) is 2.39. The van der Waals surface area contributed by atoms with E-state index in [9.17, 15) is 4.79 Å². The van der Waals surface area contributed by atoms with E-state index in [2.05, 4.69) is 18.3 Å². The summed E-state index contributed by atoms with van der Waals surface area (Å²) in [6, 6.07) is 6.06. The number of halogens is 1. The molecule has 1 aromatic carbocycles. The Balaban J connectivity index is 2.11. The van der Waals surface area contributed by atoms with Gasteiger partial charge >= 0.3 is 0 Å². The van der Waals surface area contributed by atoms with Gasteiger partial charge in [-0.05, 0) is 36.6 Å². The van der Waals surface area contributed by atoms with Crippen LogP contribution in [0.4, 0.5) is 0 Å². The summed E-state index contributed by atoms with van der Waals surface area (Å²) in [6.07, 6.45) is 2.95. The Morgan fingerprint density at radius 1 is 1.58 bits per heavy atom.